The first-order chi connectivity index (χ1) is 15.2. The van der Waals surface area contributed by atoms with Crippen molar-refractivity contribution in [1.29, 1.82) is 0 Å². The molecule has 1 aromatic carbocycles. The largest absolute Gasteiger partial charge is 0.354 e. The topological polar surface area (TPSA) is 90.0 Å². The van der Waals surface area contributed by atoms with E-state index in [0.717, 1.165) is 48.7 Å². The molecule has 3 aromatic heterocycles. The SMILES string of the molecule is CN1CCN(c2ccc(C(=O)Nc3ccc4nc(-c5ccccn5)[nH]c4c3)cn2)CC1. The summed E-state index contributed by atoms with van der Waals surface area (Å²) in [6, 6.07) is 15.0. The number of hydrogen-bond donors (Lipinski definition) is 2. The molecule has 1 saturated heterocycles. The Morgan fingerprint density at radius 1 is 1.03 bits per heavy atom. The molecule has 0 spiro atoms. The number of pyridine rings is 2. The molecule has 0 unspecified atom stereocenters. The average Bonchev–Trinajstić information content (AvgIpc) is 3.24. The van der Waals surface area contributed by atoms with Gasteiger partial charge < -0.3 is 20.1 Å². The van der Waals surface area contributed by atoms with Crippen LogP contribution < -0.4 is 10.2 Å². The van der Waals surface area contributed by atoms with Crippen LogP contribution in [0.5, 0.6) is 0 Å². The number of anilines is 2. The van der Waals surface area contributed by atoms with Crippen LogP contribution in [0.3, 0.4) is 0 Å². The number of carbonyl (C=O) groups is 1. The highest BCUT2D eigenvalue weighted by molar-refractivity contribution is 6.04. The zero-order valence-corrected chi connectivity index (χ0v) is 17.2. The van der Waals surface area contributed by atoms with Crippen LogP contribution in [0.15, 0.2) is 60.9 Å². The molecule has 31 heavy (non-hydrogen) atoms. The van der Waals surface area contributed by atoms with Crippen molar-refractivity contribution in [2.45, 2.75) is 0 Å². The minimum Gasteiger partial charge on any atom is -0.354 e. The molecule has 0 aliphatic carbocycles. The summed E-state index contributed by atoms with van der Waals surface area (Å²) in [5.74, 6) is 1.41. The number of nitrogens with zero attached hydrogens (tertiary/aromatic N) is 5. The van der Waals surface area contributed by atoms with E-state index in [9.17, 15) is 4.79 Å². The summed E-state index contributed by atoms with van der Waals surface area (Å²) < 4.78 is 0. The van der Waals surface area contributed by atoms with Gasteiger partial charge >= 0.3 is 0 Å². The standard InChI is InChI=1S/C23H23N7O/c1-29-10-12-30(13-11-29)21-8-5-16(15-25-21)23(31)26-17-6-7-18-20(14-17)28-22(27-18)19-4-2-3-9-24-19/h2-9,14-15H,10-13H2,1H3,(H,26,31)(H,27,28). The number of fused-ring (bicyclic) bond motifs is 1. The van der Waals surface area contributed by atoms with E-state index in [1.54, 1.807) is 12.4 Å². The lowest BCUT2D eigenvalue weighted by Gasteiger charge is -2.33. The number of amides is 1. The molecular formula is C23H23N7O. The number of likely N-dealkylation sites (N-methyl/N-ethyl adjacent to an activating group) is 1. The minimum atomic E-state index is -0.193. The molecule has 0 atom stereocenters. The van der Waals surface area contributed by atoms with Gasteiger partial charge in [0.2, 0.25) is 0 Å². The summed E-state index contributed by atoms with van der Waals surface area (Å²) >= 11 is 0. The van der Waals surface area contributed by atoms with E-state index in [0.29, 0.717) is 17.1 Å². The van der Waals surface area contributed by atoms with Crippen LogP contribution in [0.2, 0.25) is 0 Å². The van der Waals surface area contributed by atoms with Crippen molar-refractivity contribution in [2.24, 2.45) is 0 Å². The normalized spacial score (nSPS) is 14.7. The Bertz CT molecular complexity index is 1200. The molecule has 5 rings (SSSR count). The quantitative estimate of drug-likeness (QED) is 0.535. The Kier molecular flexibility index (Phi) is 5.05. The number of aromatic nitrogens is 4. The first-order valence-electron chi connectivity index (χ1n) is 10.3. The summed E-state index contributed by atoms with van der Waals surface area (Å²) in [6.07, 6.45) is 3.37. The number of piperazine rings is 1. The van der Waals surface area contributed by atoms with E-state index < -0.39 is 0 Å². The number of benzene rings is 1. The molecule has 1 amide bonds. The van der Waals surface area contributed by atoms with Gasteiger partial charge in [-0.1, -0.05) is 6.07 Å². The molecule has 1 aliphatic rings. The molecule has 8 nitrogen and oxygen atoms in total. The third-order valence-electron chi connectivity index (χ3n) is 5.48. The van der Waals surface area contributed by atoms with Crippen LogP contribution in [-0.4, -0.2) is 64.0 Å². The van der Waals surface area contributed by atoms with E-state index in [2.05, 4.69) is 42.1 Å². The van der Waals surface area contributed by atoms with Crippen molar-refractivity contribution >= 4 is 28.4 Å². The van der Waals surface area contributed by atoms with Crippen molar-refractivity contribution in [3.8, 4) is 11.5 Å². The predicted octanol–water partition coefficient (Wildman–Crippen LogP) is 3.02. The van der Waals surface area contributed by atoms with E-state index in [-0.39, 0.29) is 5.91 Å². The monoisotopic (exact) mass is 413 g/mol. The molecule has 8 heteroatoms. The maximum absolute atomic E-state index is 12.7. The lowest BCUT2D eigenvalue weighted by Crippen LogP contribution is -2.44. The summed E-state index contributed by atoms with van der Waals surface area (Å²) in [6.45, 7) is 3.92. The molecular weight excluding hydrogens is 390 g/mol. The fraction of sp³-hybridized carbons (Fsp3) is 0.217. The van der Waals surface area contributed by atoms with Crippen molar-refractivity contribution in [3.63, 3.8) is 0 Å². The highest BCUT2D eigenvalue weighted by atomic mass is 16.1. The number of hydrogen-bond acceptors (Lipinski definition) is 6. The number of aromatic amines is 1. The Hall–Kier alpha value is -3.78. The van der Waals surface area contributed by atoms with Crippen LogP contribution in [0, 0.1) is 0 Å². The molecule has 2 N–H and O–H groups in total. The molecule has 1 aliphatic heterocycles. The Morgan fingerprint density at radius 2 is 1.90 bits per heavy atom. The smallest absolute Gasteiger partial charge is 0.257 e. The lowest BCUT2D eigenvalue weighted by molar-refractivity contribution is 0.102. The van der Waals surface area contributed by atoms with Gasteiger partial charge in [-0.2, -0.15) is 0 Å². The van der Waals surface area contributed by atoms with Gasteiger partial charge in [-0.15, -0.1) is 0 Å². The van der Waals surface area contributed by atoms with Gasteiger partial charge in [0.1, 0.15) is 11.5 Å². The molecule has 1 fully saturated rings. The van der Waals surface area contributed by atoms with Crippen LogP contribution in [0.25, 0.3) is 22.6 Å². The first-order valence-corrected chi connectivity index (χ1v) is 10.3. The Balaban J connectivity index is 1.29. The second-order valence-corrected chi connectivity index (χ2v) is 7.68. The van der Waals surface area contributed by atoms with Gasteiger partial charge in [0, 0.05) is 44.3 Å². The predicted molar refractivity (Wildman–Crippen MR) is 121 cm³/mol. The molecule has 0 bridgehead atoms. The van der Waals surface area contributed by atoms with E-state index >= 15 is 0 Å². The molecule has 0 radical (unpaired) electrons. The number of imidazole rings is 1. The van der Waals surface area contributed by atoms with E-state index in [4.69, 9.17) is 0 Å². The van der Waals surface area contributed by atoms with E-state index in [1.807, 2.05) is 48.5 Å². The van der Waals surface area contributed by atoms with Crippen LogP contribution >= 0.6 is 0 Å². The maximum Gasteiger partial charge on any atom is 0.257 e. The summed E-state index contributed by atoms with van der Waals surface area (Å²) in [7, 11) is 2.12. The highest BCUT2D eigenvalue weighted by Crippen LogP contribution is 2.22. The first kappa shape index (κ1) is 19.2. The highest BCUT2D eigenvalue weighted by Gasteiger charge is 2.16. The number of H-pyrrole nitrogens is 1. The Morgan fingerprint density at radius 3 is 2.65 bits per heavy atom. The van der Waals surface area contributed by atoms with Gasteiger partial charge in [0.05, 0.1) is 16.6 Å². The zero-order valence-electron chi connectivity index (χ0n) is 17.2. The average molecular weight is 413 g/mol. The second kappa shape index (κ2) is 8.16. The van der Waals surface area contributed by atoms with Crippen molar-refractivity contribution < 1.29 is 4.79 Å². The van der Waals surface area contributed by atoms with Gasteiger partial charge in [-0.25, -0.2) is 9.97 Å². The van der Waals surface area contributed by atoms with Gasteiger partial charge in [0.25, 0.3) is 5.91 Å². The van der Waals surface area contributed by atoms with E-state index in [1.165, 1.54) is 0 Å². The molecule has 4 aromatic rings. The maximum atomic E-state index is 12.7. The number of carbonyl (C=O) groups excluding carboxylic acids is 1. The summed E-state index contributed by atoms with van der Waals surface area (Å²) in [4.78, 5) is 33.9. The van der Waals surface area contributed by atoms with Gasteiger partial charge in [0.15, 0.2) is 5.82 Å². The molecule has 156 valence electrons. The van der Waals surface area contributed by atoms with Gasteiger partial charge in [-0.3, -0.25) is 9.78 Å². The zero-order chi connectivity index (χ0) is 21.2. The second-order valence-electron chi connectivity index (χ2n) is 7.68. The Labute approximate surface area is 180 Å². The fourth-order valence-electron chi connectivity index (χ4n) is 3.66. The fourth-order valence-corrected chi connectivity index (χ4v) is 3.66. The van der Waals surface area contributed by atoms with Crippen LogP contribution in [0.4, 0.5) is 11.5 Å². The van der Waals surface area contributed by atoms with Crippen LogP contribution in [-0.2, 0) is 0 Å². The third-order valence-corrected chi connectivity index (χ3v) is 5.48. The number of rotatable bonds is 4. The molecule has 4 heterocycles. The van der Waals surface area contributed by atoms with Gasteiger partial charge in [-0.05, 0) is 49.5 Å². The van der Waals surface area contributed by atoms with Crippen LogP contribution in [0.1, 0.15) is 10.4 Å². The number of nitrogens with one attached hydrogen (secondary N) is 2. The minimum absolute atomic E-state index is 0.193. The molecule has 0 saturated carbocycles. The van der Waals surface area contributed by atoms with Crippen molar-refractivity contribution in [1.82, 2.24) is 24.8 Å². The summed E-state index contributed by atoms with van der Waals surface area (Å²) in [5.41, 5.74) is 3.64. The van der Waals surface area contributed by atoms with Crippen molar-refractivity contribution in [3.05, 3.63) is 66.5 Å². The lowest BCUT2D eigenvalue weighted by atomic mass is 10.2. The third kappa shape index (κ3) is 4.10. The van der Waals surface area contributed by atoms with Crippen molar-refractivity contribution in [2.75, 3.05) is 43.4 Å². The summed E-state index contributed by atoms with van der Waals surface area (Å²) in [5, 5.41) is 2.94.